The third kappa shape index (κ3) is 6.22. The predicted octanol–water partition coefficient (Wildman–Crippen LogP) is 11.4. The summed E-state index contributed by atoms with van der Waals surface area (Å²) in [6.45, 7) is 2.30. The maximum Gasteiger partial charge on any atom is 0.0538 e. The van der Waals surface area contributed by atoms with Crippen molar-refractivity contribution in [2.75, 3.05) is 0 Å². The third-order valence-electron chi connectivity index (χ3n) is 6.02. The van der Waals surface area contributed by atoms with E-state index in [1.165, 1.54) is 101 Å². The Balaban J connectivity index is 1.45. The first kappa shape index (κ1) is 23.9. The molecule has 4 rings (SSSR count). The van der Waals surface area contributed by atoms with Crippen LogP contribution in [0.5, 0.6) is 0 Å². The Hall–Kier alpha value is -1.20. The van der Waals surface area contributed by atoms with Crippen LogP contribution in [-0.4, -0.2) is 0 Å². The zero-order chi connectivity index (χ0) is 22.0. The molecule has 0 aromatic carbocycles. The van der Waals surface area contributed by atoms with Crippen molar-refractivity contribution in [2.24, 2.45) is 0 Å². The summed E-state index contributed by atoms with van der Waals surface area (Å²) < 4.78 is 0. The summed E-state index contributed by atoms with van der Waals surface area (Å²) in [6, 6.07) is 13.5. The Morgan fingerprint density at radius 2 is 1.06 bits per heavy atom. The molecular weight excluding hydrogens is 465 g/mol. The van der Waals surface area contributed by atoms with E-state index < -0.39 is 0 Å². The Bertz CT molecular complexity index is 1000. The molecule has 0 N–H and O–H groups in total. The van der Waals surface area contributed by atoms with Crippen molar-refractivity contribution >= 4 is 45.3 Å². The molecule has 32 heavy (non-hydrogen) atoms. The standard InChI is InChI=1S/C28H34S4/c1-2-3-4-5-6-7-8-9-10-11-15-24-26(22-16-12-19-29-22)27(23-17-13-20-30-23)28(32-24)25-18-14-21-31-25/h12-14,16-21H,2-11,15H2,1H3. The lowest BCUT2D eigenvalue weighted by Gasteiger charge is -2.07. The molecule has 4 aromatic rings. The topological polar surface area (TPSA) is 0 Å². The van der Waals surface area contributed by atoms with Crippen molar-refractivity contribution in [1.29, 1.82) is 0 Å². The molecule has 0 saturated carbocycles. The fraction of sp³-hybridized carbons (Fsp3) is 0.429. The average Bonchev–Trinajstić information content (AvgIpc) is 3.61. The molecule has 0 amide bonds. The van der Waals surface area contributed by atoms with Gasteiger partial charge in [0.15, 0.2) is 0 Å². The molecule has 0 aliphatic heterocycles. The second kappa shape index (κ2) is 12.9. The van der Waals surface area contributed by atoms with E-state index in [-0.39, 0.29) is 0 Å². The summed E-state index contributed by atoms with van der Waals surface area (Å²) in [5.74, 6) is 0. The Morgan fingerprint density at radius 1 is 0.562 bits per heavy atom. The van der Waals surface area contributed by atoms with Crippen molar-refractivity contribution in [3.05, 3.63) is 57.4 Å². The van der Waals surface area contributed by atoms with Crippen LogP contribution < -0.4 is 0 Å². The molecule has 4 aromatic heterocycles. The van der Waals surface area contributed by atoms with Gasteiger partial charge in [0.1, 0.15) is 0 Å². The molecule has 0 radical (unpaired) electrons. The lowest BCUT2D eigenvalue weighted by Crippen LogP contribution is -1.87. The second-order valence-corrected chi connectivity index (χ2v) is 12.4. The van der Waals surface area contributed by atoms with Crippen LogP contribution in [0.15, 0.2) is 52.5 Å². The molecule has 0 unspecified atom stereocenters. The molecule has 0 aliphatic rings. The largest absolute Gasteiger partial charge is 0.144 e. The second-order valence-electron chi connectivity index (χ2n) is 8.47. The highest BCUT2D eigenvalue weighted by Gasteiger charge is 2.23. The van der Waals surface area contributed by atoms with E-state index in [9.17, 15) is 0 Å². The summed E-state index contributed by atoms with van der Waals surface area (Å²) in [7, 11) is 0. The van der Waals surface area contributed by atoms with Crippen LogP contribution in [0, 0.1) is 0 Å². The Labute approximate surface area is 210 Å². The van der Waals surface area contributed by atoms with E-state index in [2.05, 4.69) is 59.5 Å². The van der Waals surface area contributed by atoms with E-state index in [4.69, 9.17) is 0 Å². The van der Waals surface area contributed by atoms with Crippen LogP contribution in [0.25, 0.3) is 30.6 Å². The fourth-order valence-electron chi connectivity index (χ4n) is 4.35. The van der Waals surface area contributed by atoms with E-state index >= 15 is 0 Å². The van der Waals surface area contributed by atoms with Crippen molar-refractivity contribution in [1.82, 2.24) is 0 Å². The normalized spacial score (nSPS) is 11.4. The highest BCUT2D eigenvalue weighted by molar-refractivity contribution is 7.23. The summed E-state index contributed by atoms with van der Waals surface area (Å²) in [5.41, 5.74) is 2.98. The lowest BCUT2D eigenvalue weighted by molar-refractivity contribution is 0.557. The van der Waals surface area contributed by atoms with Gasteiger partial charge in [-0.1, -0.05) is 82.9 Å². The van der Waals surface area contributed by atoms with E-state index in [1.807, 2.05) is 45.3 Å². The maximum atomic E-state index is 2.31. The van der Waals surface area contributed by atoms with E-state index in [0.29, 0.717) is 0 Å². The van der Waals surface area contributed by atoms with Gasteiger partial charge in [0.05, 0.1) is 4.88 Å². The van der Waals surface area contributed by atoms with Crippen LogP contribution in [-0.2, 0) is 6.42 Å². The lowest BCUT2D eigenvalue weighted by atomic mass is 10.0. The molecule has 0 aliphatic carbocycles. The van der Waals surface area contributed by atoms with Crippen molar-refractivity contribution in [2.45, 2.75) is 77.6 Å². The molecule has 4 heterocycles. The van der Waals surface area contributed by atoms with Crippen LogP contribution >= 0.6 is 45.3 Å². The van der Waals surface area contributed by atoms with Gasteiger partial charge in [-0.15, -0.1) is 45.3 Å². The van der Waals surface area contributed by atoms with Gasteiger partial charge in [0.25, 0.3) is 0 Å². The van der Waals surface area contributed by atoms with Gasteiger partial charge in [-0.2, -0.15) is 0 Å². The first-order valence-electron chi connectivity index (χ1n) is 12.2. The van der Waals surface area contributed by atoms with Crippen molar-refractivity contribution in [3.63, 3.8) is 0 Å². The number of hydrogen-bond donors (Lipinski definition) is 0. The van der Waals surface area contributed by atoms with E-state index in [0.717, 1.165) is 0 Å². The fourth-order valence-corrected chi connectivity index (χ4v) is 8.29. The maximum absolute atomic E-state index is 2.31. The quantitative estimate of drug-likeness (QED) is 0.152. The van der Waals surface area contributed by atoms with Crippen LogP contribution in [0.1, 0.15) is 76.0 Å². The number of unbranched alkanes of at least 4 members (excludes halogenated alkanes) is 9. The molecule has 0 bridgehead atoms. The van der Waals surface area contributed by atoms with Gasteiger partial charge in [-0.3, -0.25) is 0 Å². The molecule has 0 fully saturated rings. The zero-order valence-electron chi connectivity index (χ0n) is 19.1. The minimum atomic E-state index is 1.21. The van der Waals surface area contributed by atoms with Gasteiger partial charge < -0.3 is 0 Å². The number of thiophene rings is 4. The van der Waals surface area contributed by atoms with Crippen molar-refractivity contribution < 1.29 is 0 Å². The number of aryl methyl sites for hydroxylation is 1. The Morgan fingerprint density at radius 3 is 1.59 bits per heavy atom. The third-order valence-corrected chi connectivity index (χ3v) is 10.1. The van der Waals surface area contributed by atoms with E-state index in [1.54, 1.807) is 4.88 Å². The zero-order valence-corrected chi connectivity index (χ0v) is 22.4. The molecule has 0 nitrogen and oxygen atoms in total. The average molecular weight is 499 g/mol. The van der Waals surface area contributed by atoms with Crippen molar-refractivity contribution in [3.8, 4) is 30.6 Å². The smallest absolute Gasteiger partial charge is 0.0538 e. The highest BCUT2D eigenvalue weighted by Crippen LogP contribution is 2.51. The molecular formula is C28H34S4. The number of hydrogen-bond acceptors (Lipinski definition) is 4. The SMILES string of the molecule is CCCCCCCCCCCCc1sc(-c2cccs2)c(-c2cccs2)c1-c1cccs1. The van der Waals surface area contributed by atoms with Gasteiger partial charge in [0, 0.05) is 30.6 Å². The summed E-state index contributed by atoms with van der Waals surface area (Å²) in [6.07, 6.45) is 15.2. The monoisotopic (exact) mass is 498 g/mol. The van der Waals surface area contributed by atoms with Crippen LogP contribution in [0.2, 0.25) is 0 Å². The van der Waals surface area contributed by atoms with Crippen LogP contribution in [0.3, 0.4) is 0 Å². The van der Waals surface area contributed by atoms with Gasteiger partial charge in [-0.05, 0) is 47.2 Å². The van der Waals surface area contributed by atoms with Gasteiger partial charge >= 0.3 is 0 Å². The molecule has 170 valence electrons. The van der Waals surface area contributed by atoms with Crippen LogP contribution in [0.4, 0.5) is 0 Å². The molecule has 4 heteroatoms. The first-order valence-corrected chi connectivity index (χ1v) is 15.6. The minimum absolute atomic E-state index is 1.21. The minimum Gasteiger partial charge on any atom is -0.144 e. The molecule has 0 saturated heterocycles. The predicted molar refractivity (Wildman–Crippen MR) is 150 cm³/mol. The van der Waals surface area contributed by atoms with Gasteiger partial charge in [-0.25, -0.2) is 0 Å². The molecule has 0 atom stereocenters. The summed E-state index contributed by atoms with van der Waals surface area (Å²) in [5, 5.41) is 6.64. The Kier molecular flexibility index (Phi) is 9.64. The van der Waals surface area contributed by atoms with Gasteiger partial charge in [0.2, 0.25) is 0 Å². The summed E-state index contributed by atoms with van der Waals surface area (Å²) in [4.78, 5) is 7.29. The summed E-state index contributed by atoms with van der Waals surface area (Å²) >= 11 is 7.67. The highest BCUT2D eigenvalue weighted by atomic mass is 32.1. The first-order chi connectivity index (χ1) is 15.9. The molecule has 0 spiro atoms. The number of rotatable bonds is 14.